The normalized spacial score (nSPS) is 26.8. The highest BCUT2D eigenvalue weighted by Gasteiger charge is 2.42. The molecule has 2 amide bonds. The maximum atomic E-state index is 13.7. The molecule has 0 spiro atoms. The van der Waals surface area contributed by atoms with Gasteiger partial charge in [-0.25, -0.2) is 4.39 Å². The van der Waals surface area contributed by atoms with E-state index in [0.717, 1.165) is 58.2 Å². The van der Waals surface area contributed by atoms with Crippen LogP contribution < -0.4 is 11.1 Å². The number of nitrogens with one attached hydrogen (secondary N) is 1. The van der Waals surface area contributed by atoms with Gasteiger partial charge in [-0.2, -0.15) is 0 Å². The van der Waals surface area contributed by atoms with Crippen LogP contribution in [-0.4, -0.2) is 72.6 Å². The van der Waals surface area contributed by atoms with Crippen LogP contribution in [0.4, 0.5) is 4.39 Å². The van der Waals surface area contributed by atoms with Crippen molar-refractivity contribution in [2.75, 3.05) is 32.8 Å². The second kappa shape index (κ2) is 13.7. The molecule has 2 aromatic carbocycles. The van der Waals surface area contributed by atoms with Crippen molar-refractivity contribution < 1.29 is 18.7 Å². The first kappa shape index (κ1) is 28.7. The molecule has 7 nitrogen and oxygen atoms in total. The summed E-state index contributed by atoms with van der Waals surface area (Å²) >= 11 is 0. The Kier molecular flexibility index (Phi) is 9.83. The van der Waals surface area contributed by atoms with E-state index in [-0.39, 0.29) is 29.8 Å². The van der Waals surface area contributed by atoms with Crippen molar-refractivity contribution in [3.8, 4) is 0 Å². The van der Waals surface area contributed by atoms with Gasteiger partial charge in [-0.1, -0.05) is 36.8 Å². The Labute approximate surface area is 237 Å². The third kappa shape index (κ3) is 7.28. The lowest BCUT2D eigenvalue weighted by Crippen LogP contribution is -2.47. The molecule has 0 aromatic heterocycles. The lowest BCUT2D eigenvalue weighted by atomic mass is 9.81. The highest BCUT2D eigenvalue weighted by molar-refractivity contribution is 5.98. The molecule has 40 heavy (non-hydrogen) atoms. The molecule has 5 atom stereocenters. The zero-order valence-electron chi connectivity index (χ0n) is 23.3. The van der Waals surface area contributed by atoms with Crippen molar-refractivity contribution in [3.05, 3.63) is 71.5 Å². The fraction of sp³-hybridized carbons (Fsp3) is 0.562. The van der Waals surface area contributed by atoms with Gasteiger partial charge in [0.1, 0.15) is 11.9 Å². The van der Waals surface area contributed by atoms with E-state index in [1.54, 1.807) is 4.90 Å². The molecule has 2 aromatic rings. The number of nitrogens with two attached hydrogens (primary N) is 1. The van der Waals surface area contributed by atoms with Crippen LogP contribution in [0.5, 0.6) is 0 Å². The maximum Gasteiger partial charge on any atom is 0.254 e. The SMILES string of the molecule is NCC1CCCC(CNC(=O)C2CC(N(Cc3ccccc3)CC3CCCO3)CN2C(=O)c2ccc(F)cc2)C1. The Morgan fingerprint density at radius 1 is 1.00 bits per heavy atom. The van der Waals surface area contributed by atoms with Gasteiger partial charge in [0.2, 0.25) is 5.91 Å². The zero-order chi connectivity index (χ0) is 27.9. The summed E-state index contributed by atoms with van der Waals surface area (Å²) in [5, 5.41) is 3.19. The summed E-state index contributed by atoms with van der Waals surface area (Å²) in [5.41, 5.74) is 7.51. The van der Waals surface area contributed by atoms with Crippen molar-refractivity contribution in [1.82, 2.24) is 15.1 Å². The molecule has 5 rings (SSSR count). The number of halogens is 1. The van der Waals surface area contributed by atoms with Crippen LogP contribution in [0.15, 0.2) is 54.6 Å². The molecule has 3 aliphatic rings. The van der Waals surface area contributed by atoms with Gasteiger partial charge in [0.05, 0.1) is 6.10 Å². The first-order valence-corrected chi connectivity index (χ1v) is 14.9. The molecule has 5 unspecified atom stereocenters. The average molecular weight is 551 g/mol. The number of hydrogen-bond donors (Lipinski definition) is 2. The Morgan fingerprint density at radius 3 is 2.50 bits per heavy atom. The van der Waals surface area contributed by atoms with Gasteiger partial charge < -0.3 is 20.7 Å². The van der Waals surface area contributed by atoms with Crippen molar-refractivity contribution in [2.45, 2.75) is 69.7 Å². The van der Waals surface area contributed by atoms with Crippen molar-refractivity contribution >= 4 is 11.8 Å². The van der Waals surface area contributed by atoms with E-state index in [9.17, 15) is 14.0 Å². The van der Waals surface area contributed by atoms with Gasteiger partial charge in [-0.15, -0.1) is 0 Å². The summed E-state index contributed by atoms with van der Waals surface area (Å²) in [5.74, 6) is 0.204. The number of benzene rings is 2. The van der Waals surface area contributed by atoms with Crippen LogP contribution in [0.2, 0.25) is 0 Å². The minimum atomic E-state index is -0.584. The average Bonchev–Trinajstić information content (AvgIpc) is 3.67. The Hall–Kier alpha value is -2.81. The number of amides is 2. The number of rotatable bonds is 10. The van der Waals surface area contributed by atoms with Crippen LogP contribution in [0.25, 0.3) is 0 Å². The lowest BCUT2D eigenvalue weighted by Gasteiger charge is -2.31. The van der Waals surface area contributed by atoms with E-state index in [0.29, 0.717) is 43.5 Å². The summed E-state index contributed by atoms with van der Waals surface area (Å²) in [6.07, 6.45) is 7.21. The Bertz CT molecular complexity index is 1110. The van der Waals surface area contributed by atoms with Crippen LogP contribution in [0, 0.1) is 17.7 Å². The number of hydrogen-bond acceptors (Lipinski definition) is 5. The summed E-state index contributed by atoms with van der Waals surface area (Å²) in [7, 11) is 0. The highest BCUT2D eigenvalue weighted by Crippen LogP contribution is 2.30. The minimum Gasteiger partial charge on any atom is -0.377 e. The van der Waals surface area contributed by atoms with E-state index in [2.05, 4.69) is 22.3 Å². The van der Waals surface area contributed by atoms with Gasteiger partial charge in [0, 0.05) is 44.4 Å². The van der Waals surface area contributed by atoms with Gasteiger partial charge in [-0.05, 0) is 86.7 Å². The van der Waals surface area contributed by atoms with Gasteiger partial charge in [0.15, 0.2) is 0 Å². The first-order chi connectivity index (χ1) is 19.5. The monoisotopic (exact) mass is 550 g/mol. The lowest BCUT2D eigenvalue weighted by molar-refractivity contribution is -0.125. The Balaban J connectivity index is 1.34. The Morgan fingerprint density at radius 2 is 1.77 bits per heavy atom. The third-order valence-corrected chi connectivity index (χ3v) is 8.93. The molecule has 1 aliphatic carbocycles. The van der Waals surface area contributed by atoms with Gasteiger partial charge >= 0.3 is 0 Å². The van der Waals surface area contributed by atoms with Gasteiger partial charge in [0.25, 0.3) is 5.91 Å². The second-order valence-electron chi connectivity index (χ2n) is 11.8. The number of nitrogens with zero attached hydrogens (tertiary/aromatic N) is 2. The standard InChI is InChI=1S/C32H43FN4O3/c33-27-13-11-26(12-14-27)32(39)37-21-28(17-30(37)31(38)35-19-25-9-4-8-24(16-25)18-34)36(22-29-10-5-15-40-29)20-23-6-2-1-3-7-23/h1-3,6-7,11-14,24-25,28-30H,4-5,8-10,15-22,34H2,(H,35,38). The van der Waals surface area contributed by atoms with Gasteiger partial charge in [-0.3, -0.25) is 14.5 Å². The van der Waals surface area contributed by atoms with Crippen molar-refractivity contribution in [3.63, 3.8) is 0 Å². The predicted molar refractivity (Wildman–Crippen MR) is 153 cm³/mol. The molecule has 3 N–H and O–H groups in total. The molecule has 216 valence electrons. The largest absolute Gasteiger partial charge is 0.377 e. The number of carbonyl (C=O) groups is 2. The molecule has 2 aliphatic heterocycles. The van der Waals surface area contributed by atoms with Crippen LogP contribution >= 0.6 is 0 Å². The third-order valence-electron chi connectivity index (χ3n) is 8.93. The molecule has 2 heterocycles. The van der Waals surface area contributed by atoms with E-state index in [1.807, 2.05) is 18.2 Å². The molecule has 3 fully saturated rings. The molecule has 2 saturated heterocycles. The van der Waals surface area contributed by atoms with E-state index in [4.69, 9.17) is 10.5 Å². The molecule has 0 bridgehead atoms. The van der Waals surface area contributed by atoms with E-state index in [1.165, 1.54) is 29.8 Å². The fourth-order valence-electron chi connectivity index (χ4n) is 6.68. The summed E-state index contributed by atoms with van der Waals surface area (Å²) in [6.45, 7) is 4.00. The van der Waals surface area contributed by atoms with E-state index >= 15 is 0 Å². The fourth-order valence-corrected chi connectivity index (χ4v) is 6.68. The summed E-state index contributed by atoms with van der Waals surface area (Å²) in [6, 6.07) is 15.3. The van der Waals surface area contributed by atoms with Crippen LogP contribution in [0.3, 0.4) is 0 Å². The molecular formula is C32H43FN4O3. The predicted octanol–water partition coefficient (Wildman–Crippen LogP) is 3.97. The topological polar surface area (TPSA) is 87.9 Å². The molecule has 8 heteroatoms. The van der Waals surface area contributed by atoms with Crippen LogP contribution in [-0.2, 0) is 16.1 Å². The smallest absolute Gasteiger partial charge is 0.254 e. The van der Waals surface area contributed by atoms with Crippen molar-refractivity contribution in [2.24, 2.45) is 17.6 Å². The summed E-state index contributed by atoms with van der Waals surface area (Å²) in [4.78, 5) is 31.5. The first-order valence-electron chi connectivity index (χ1n) is 14.9. The maximum absolute atomic E-state index is 13.7. The molecule has 0 radical (unpaired) electrons. The van der Waals surface area contributed by atoms with E-state index < -0.39 is 6.04 Å². The number of carbonyl (C=O) groups excluding carboxylic acids is 2. The number of likely N-dealkylation sites (tertiary alicyclic amines) is 1. The molecular weight excluding hydrogens is 507 g/mol. The highest BCUT2D eigenvalue weighted by atomic mass is 19.1. The number of ether oxygens (including phenoxy) is 1. The minimum absolute atomic E-state index is 0.000792. The molecule has 1 saturated carbocycles. The quantitative estimate of drug-likeness (QED) is 0.468. The second-order valence-corrected chi connectivity index (χ2v) is 11.8. The zero-order valence-corrected chi connectivity index (χ0v) is 23.3. The van der Waals surface area contributed by atoms with Crippen LogP contribution in [0.1, 0.15) is 60.9 Å². The summed E-state index contributed by atoms with van der Waals surface area (Å²) < 4.78 is 19.6. The van der Waals surface area contributed by atoms with Crippen molar-refractivity contribution in [1.29, 1.82) is 0 Å².